The number of fused-ring (bicyclic) bond motifs is 2. The van der Waals surface area contributed by atoms with Gasteiger partial charge >= 0.3 is 0 Å². The highest BCUT2D eigenvalue weighted by molar-refractivity contribution is 6.30. The third kappa shape index (κ3) is 2.82. The molecule has 1 fully saturated rings. The molecule has 3 aliphatic rings. The van der Waals surface area contributed by atoms with Gasteiger partial charge in [-0.05, 0) is 67.6 Å². The lowest BCUT2D eigenvalue weighted by molar-refractivity contribution is 0.611. The number of pyridine rings is 1. The van der Waals surface area contributed by atoms with Crippen LogP contribution < -0.4 is 5.32 Å². The fourth-order valence-corrected chi connectivity index (χ4v) is 3.96. The molecular weight excluding hydrogens is 304 g/mol. The minimum absolute atomic E-state index is 0.843. The first-order valence-electron chi connectivity index (χ1n) is 8.37. The summed E-state index contributed by atoms with van der Waals surface area (Å²) in [5.41, 5.74) is 9.33. The Morgan fingerprint density at radius 3 is 2.83 bits per heavy atom. The Kier molecular flexibility index (Phi) is 3.96. The van der Waals surface area contributed by atoms with Crippen molar-refractivity contribution in [2.45, 2.75) is 32.6 Å². The van der Waals surface area contributed by atoms with Crippen LogP contribution in [0.2, 0.25) is 0 Å². The zero-order chi connectivity index (χ0) is 15.8. The standard InChI is InChI=1S/C20H21ClN2/c1-13-10-16-3-2-15-11-17(21)4-5-18(15)19(20(16)23-12-13)14-6-8-22-9-7-14/h2,4-5,10,12,22H,3,6-9,11H2,1H3. The molecule has 0 radical (unpaired) electrons. The van der Waals surface area contributed by atoms with Crippen LogP contribution in [0.4, 0.5) is 0 Å². The predicted octanol–water partition coefficient (Wildman–Crippen LogP) is 4.46. The monoisotopic (exact) mass is 324 g/mol. The van der Waals surface area contributed by atoms with Gasteiger partial charge in [-0.2, -0.15) is 0 Å². The molecule has 2 nitrogen and oxygen atoms in total. The molecule has 0 unspecified atom stereocenters. The van der Waals surface area contributed by atoms with Crippen LogP contribution in [-0.2, 0) is 6.42 Å². The Morgan fingerprint density at radius 2 is 2.00 bits per heavy atom. The predicted molar refractivity (Wildman–Crippen MR) is 96.4 cm³/mol. The molecule has 3 heteroatoms. The Hall–Kier alpha value is -1.64. The third-order valence-electron chi connectivity index (χ3n) is 4.87. The van der Waals surface area contributed by atoms with E-state index in [9.17, 15) is 0 Å². The van der Waals surface area contributed by atoms with Crippen molar-refractivity contribution in [1.82, 2.24) is 10.3 Å². The van der Waals surface area contributed by atoms with E-state index in [1.165, 1.54) is 39.1 Å². The van der Waals surface area contributed by atoms with E-state index in [0.717, 1.165) is 43.8 Å². The number of hydrogen-bond donors (Lipinski definition) is 1. The molecule has 1 aliphatic heterocycles. The van der Waals surface area contributed by atoms with Crippen molar-refractivity contribution >= 4 is 17.2 Å². The third-order valence-corrected chi connectivity index (χ3v) is 5.13. The lowest BCUT2D eigenvalue weighted by Gasteiger charge is -2.24. The highest BCUT2D eigenvalue weighted by atomic mass is 35.5. The number of aromatic nitrogens is 1. The maximum absolute atomic E-state index is 6.29. The van der Waals surface area contributed by atoms with Crippen molar-refractivity contribution in [1.29, 1.82) is 0 Å². The van der Waals surface area contributed by atoms with Crippen LogP contribution in [0, 0.1) is 6.92 Å². The number of piperidine rings is 1. The number of nitrogens with one attached hydrogen (secondary N) is 1. The average molecular weight is 325 g/mol. The summed E-state index contributed by atoms with van der Waals surface area (Å²) >= 11 is 6.29. The molecule has 1 aromatic rings. The van der Waals surface area contributed by atoms with Gasteiger partial charge in [0.1, 0.15) is 0 Å². The largest absolute Gasteiger partial charge is 0.316 e. The Labute approximate surface area is 142 Å². The van der Waals surface area contributed by atoms with Gasteiger partial charge in [0.25, 0.3) is 0 Å². The molecule has 23 heavy (non-hydrogen) atoms. The molecule has 1 aromatic heterocycles. The van der Waals surface area contributed by atoms with Gasteiger partial charge in [-0.15, -0.1) is 0 Å². The van der Waals surface area contributed by atoms with Gasteiger partial charge < -0.3 is 5.32 Å². The molecule has 0 spiro atoms. The van der Waals surface area contributed by atoms with Gasteiger partial charge in [0, 0.05) is 23.2 Å². The maximum atomic E-state index is 6.29. The number of aryl methyl sites for hydroxylation is 1. The van der Waals surface area contributed by atoms with Gasteiger partial charge in [0.2, 0.25) is 0 Å². The molecule has 0 bridgehead atoms. The number of halogens is 1. The van der Waals surface area contributed by atoms with Crippen LogP contribution in [0.5, 0.6) is 0 Å². The number of hydrogen-bond acceptors (Lipinski definition) is 2. The summed E-state index contributed by atoms with van der Waals surface area (Å²) in [6.07, 6.45) is 12.6. The van der Waals surface area contributed by atoms with Crippen molar-refractivity contribution < 1.29 is 0 Å². The zero-order valence-electron chi connectivity index (χ0n) is 13.5. The summed E-state index contributed by atoms with van der Waals surface area (Å²) in [5, 5.41) is 4.38. The van der Waals surface area contributed by atoms with Crippen LogP contribution in [0.25, 0.3) is 5.57 Å². The quantitative estimate of drug-likeness (QED) is 0.762. The van der Waals surface area contributed by atoms with Gasteiger partial charge in [0.15, 0.2) is 0 Å². The molecule has 0 saturated carbocycles. The van der Waals surface area contributed by atoms with Crippen LogP contribution in [0.1, 0.15) is 36.1 Å². The van der Waals surface area contributed by atoms with Crippen molar-refractivity contribution in [2.75, 3.05) is 13.1 Å². The summed E-state index contributed by atoms with van der Waals surface area (Å²) in [5.74, 6) is 0. The summed E-state index contributed by atoms with van der Waals surface area (Å²) in [4.78, 5) is 4.84. The van der Waals surface area contributed by atoms with E-state index in [1.807, 2.05) is 6.20 Å². The van der Waals surface area contributed by atoms with E-state index < -0.39 is 0 Å². The second kappa shape index (κ2) is 6.10. The van der Waals surface area contributed by atoms with Crippen LogP contribution >= 0.6 is 11.6 Å². The Morgan fingerprint density at radius 1 is 1.17 bits per heavy atom. The molecule has 0 aromatic carbocycles. The van der Waals surface area contributed by atoms with Gasteiger partial charge in [0.05, 0.1) is 5.69 Å². The van der Waals surface area contributed by atoms with Gasteiger partial charge in [-0.25, -0.2) is 0 Å². The van der Waals surface area contributed by atoms with E-state index in [4.69, 9.17) is 16.6 Å². The van der Waals surface area contributed by atoms with E-state index >= 15 is 0 Å². The first-order chi connectivity index (χ1) is 11.2. The van der Waals surface area contributed by atoms with E-state index in [0.29, 0.717) is 0 Å². The van der Waals surface area contributed by atoms with Gasteiger partial charge in [-0.3, -0.25) is 4.98 Å². The summed E-state index contributed by atoms with van der Waals surface area (Å²) in [7, 11) is 0. The molecule has 1 N–H and O–H groups in total. The molecule has 4 rings (SSSR count). The fraction of sp³-hybridized carbons (Fsp3) is 0.350. The van der Waals surface area contributed by atoms with E-state index in [1.54, 1.807) is 0 Å². The SMILES string of the molecule is Cc1cnc2c(c1)CC=C1CC(Cl)=CC=C1C2=C1CCNCC1. The zero-order valence-corrected chi connectivity index (χ0v) is 14.2. The minimum Gasteiger partial charge on any atom is -0.316 e. The van der Waals surface area contributed by atoms with E-state index in [2.05, 4.69) is 36.5 Å². The van der Waals surface area contributed by atoms with Crippen molar-refractivity contribution in [3.8, 4) is 0 Å². The van der Waals surface area contributed by atoms with Crippen LogP contribution in [0.15, 0.2) is 52.2 Å². The second-order valence-corrected chi connectivity index (χ2v) is 7.04. The highest BCUT2D eigenvalue weighted by Gasteiger charge is 2.25. The normalized spacial score (nSPS) is 20.9. The van der Waals surface area contributed by atoms with E-state index in [-0.39, 0.29) is 0 Å². The average Bonchev–Trinajstić information content (AvgIpc) is 2.72. The molecule has 1 saturated heterocycles. The molecule has 2 heterocycles. The van der Waals surface area contributed by atoms with Crippen molar-refractivity contribution in [3.63, 3.8) is 0 Å². The van der Waals surface area contributed by atoms with Crippen molar-refractivity contribution in [2.24, 2.45) is 0 Å². The smallest absolute Gasteiger partial charge is 0.0742 e. The number of allylic oxidation sites excluding steroid dienone is 7. The highest BCUT2D eigenvalue weighted by Crippen LogP contribution is 2.42. The van der Waals surface area contributed by atoms with Gasteiger partial charge in [-0.1, -0.05) is 35.4 Å². The molecule has 2 aliphatic carbocycles. The lowest BCUT2D eigenvalue weighted by Crippen LogP contribution is -2.24. The maximum Gasteiger partial charge on any atom is 0.0742 e. The Bertz CT molecular complexity index is 773. The van der Waals surface area contributed by atoms with Crippen molar-refractivity contribution in [3.05, 3.63) is 69.1 Å². The molecule has 118 valence electrons. The molecule has 0 atom stereocenters. The fourth-order valence-electron chi connectivity index (χ4n) is 3.75. The number of nitrogens with zero attached hydrogens (tertiary/aromatic N) is 1. The summed E-state index contributed by atoms with van der Waals surface area (Å²) < 4.78 is 0. The van der Waals surface area contributed by atoms with Crippen LogP contribution in [0.3, 0.4) is 0 Å². The minimum atomic E-state index is 0.843. The Balaban J connectivity index is 1.95. The first kappa shape index (κ1) is 14.9. The first-order valence-corrected chi connectivity index (χ1v) is 8.75. The van der Waals surface area contributed by atoms with Crippen LogP contribution in [-0.4, -0.2) is 18.1 Å². The lowest BCUT2D eigenvalue weighted by atomic mass is 9.85. The number of rotatable bonds is 0. The summed E-state index contributed by atoms with van der Waals surface area (Å²) in [6.45, 7) is 4.24. The second-order valence-electron chi connectivity index (χ2n) is 6.55. The molecule has 0 amide bonds. The topological polar surface area (TPSA) is 24.9 Å². The molecular formula is C20H21ClN2. The summed E-state index contributed by atoms with van der Waals surface area (Å²) in [6, 6.07) is 2.29.